The van der Waals surface area contributed by atoms with Gasteiger partial charge in [0, 0.05) is 16.9 Å². The Morgan fingerprint density at radius 3 is 2.50 bits per heavy atom. The number of ketones is 1. The Hall–Kier alpha value is -2.06. The van der Waals surface area contributed by atoms with Gasteiger partial charge in [0.25, 0.3) is 0 Å². The van der Waals surface area contributed by atoms with Crippen LogP contribution in [-0.4, -0.2) is 10.9 Å². The average Bonchev–Trinajstić information content (AvgIpc) is 2.59. The third kappa shape index (κ3) is 3.31. The molecular formula is C23H25ClO2. The predicted molar refractivity (Wildman–Crippen MR) is 109 cm³/mol. The fourth-order valence-corrected chi connectivity index (χ4v) is 3.88. The van der Waals surface area contributed by atoms with Crippen LogP contribution in [0.4, 0.5) is 0 Å². The van der Waals surface area contributed by atoms with E-state index < -0.39 is 0 Å². The maximum absolute atomic E-state index is 12.7. The Morgan fingerprint density at radius 1 is 1.12 bits per heavy atom. The van der Waals surface area contributed by atoms with E-state index in [0.29, 0.717) is 23.4 Å². The van der Waals surface area contributed by atoms with Crippen molar-refractivity contribution in [3.63, 3.8) is 0 Å². The molecule has 0 saturated carbocycles. The van der Waals surface area contributed by atoms with E-state index >= 15 is 0 Å². The lowest BCUT2D eigenvalue weighted by atomic mass is 9.74. The molecule has 2 aromatic rings. The van der Waals surface area contributed by atoms with E-state index in [-0.39, 0.29) is 17.0 Å². The summed E-state index contributed by atoms with van der Waals surface area (Å²) in [6, 6.07) is 12.0. The van der Waals surface area contributed by atoms with Gasteiger partial charge in [-0.2, -0.15) is 0 Å². The quantitative estimate of drug-likeness (QED) is 0.668. The van der Waals surface area contributed by atoms with Crippen LogP contribution in [0.15, 0.2) is 42.2 Å². The summed E-state index contributed by atoms with van der Waals surface area (Å²) in [6.07, 6.45) is 1.96. The first-order valence-corrected chi connectivity index (χ1v) is 9.49. The molecule has 0 aliphatic heterocycles. The van der Waals surface area contributed by atoms with Crippen LogP contribution < -0.4 is 0 Å². The molecule has 0 unspecified atom stereocenters. The van der Waals surface area contributed by atoms with Crippen molar-refractivity contribution in [2.45, 2.75) is 47.0 Å². The molecule has 1 aliphatic carbocycles. The molecule has 0 spiro atoms. The van der Waals surface area contributed by atoms with Crippen molar-refractivity contribution in [2.75, 3.05) is 0 Å². The minimum Gasteiger partial charge on any atom is -0.511 e. The molecule has 0 saturated heterocycles. The number of Topliss-reactive ketones (excluding diaryl/α,β-unsaturated/α-hetero) is 1. The van der Waals surface area contributed by atoms with E-state index in [9.17, 15) is 9.90 Å². The Morgan fingerprint density at radius 2 is 1.85 bits per heavy atom. The van der Waals surface area contributed by atoms with E-state index in [2.05, 4.69) is 19.1 Å². The standard InChI is InChI=1S/C23H25ClO2/c1-5-15-6-7-16(18-9-8-17(24)12-14(18)2)13-19(15)21-20(25)10-11-23(3,4)22(21)26/h6-9,12-13,26H,5,10-11H2,1-4H3. The second kappa shape index (κ2) is 6.92. The lowest BCUT2D eigenvalue weighted by Gasteiger charge is -2.31. The molecule has 0 atom stereocenters. The zero-order valence-electron chi connectivity index (χ0n) is 15.8. The number of aliphatic hydroxyl groups excluding tert-OH is 1. The number of hydrogen-bond donors (Lipinski definition) is 1. The molecule has 1 aliphatic rings. The lowest BCUT2D eigenvalue weighted by molar-refractivity contribution is -0.115. The first kappa shape index (κ1) is 18.7. The third-order valence-corrected chi connectivity index (χ3v) is 5.63. The molecule has 3 heteroatoms. The van der Waals surface area contributed by atoms with Crippen molar-refractivity contribution in [2.24, 2.45) is 5.41 Å². The Bertz CT molecular complexity index is 906. The number of carbonyl (C=O) groups excluding carboxylic acids is 1. The topological polar surface area (TPSA) is 37.3 Å². The first-order chi connectivity index (χ1) is 12.2. The van der Waals surface area contributed by atoms with Gasteiger partial charge in [0.1, 0.15) is 5.76 Å². The molecule has 2 aromatic carbocycles. The van der Waals surface area contributed by atoms with Gasteiger partial charge in [-0.3, -0.25) is 4.79 Å². The third-order valence-electron chi connectivity index (χ3n) is 5.39. The summed E-state index contributed by atoms with van der Waals surface area (Å²) in [5.74, 6) is 0.245. The van der Waals surface area contributed by atoms with Crippen LogP contribution in [0.25, 0.3) is 16.7 Å². The van der Waals surface area contributed by atoms with E-state index in [1.54, 1.807) is 0 Å². The molecule has 136 valence electrons. The Kier molecular flexibility index (Phi) is 4.98. The van der Waals surface area contributed by atoms with Gasteiger partial charge in [-0.1, -0.05) is 50.6 Å². The number of rotatable bonds is 3. The Labute approximate surface area is 160 Å². The van der Waals surface area contributed by atoms with Crippen molar-refractivity contribution in [1.82, 2.24) is 0 Å². The van der Waals surface area contributed by atoms with Gasteiger partial charge in [-0.15, -0.1) is 0 Å². The molecule has 0 amide bonds. The molecule has 26 heavy (non-hydrogen) atoms. The predicted octanol–water partition coefficient (Wildman–Crippen LogP) is 6.54. The molecule has 2 nitrogen and oxygen atoms in total. The van der Waals surface area contributed by atoms with Crippen molar-refractivity contribution in [3.8, 4) is 11.1 Å². The van der Waals surface area contributed by atoms with Gasteiger partial charge in [-0.05, 0) is 65.8 Å². The van der Waals surface area contributed by atoms with Gasteiger partial charge in [-0.25, -0.2) is 0 Å². The summed E-state index contributed by atoms with van der Waals surface area (Å²) in [7, 11) is 0. The van der Waals surface area contributed by atoms with Crippen LogP contribution >= 0.6 is 11.6 Å². The summed E-state index contributed by atoms with van der Waals surface area (Å²) < 4.78 is 0. The summed E-state index contributed by atoms with van der Waals surface area (Å²) in [5.41, 5.74) is 5.25. The average molecular weight is 369 g/mol. The Balaban J connectivity index is 2.22. The van der Waals surface area contributed by atoms with Crippen LogP contribution in [0.3, 0.4) is 0 Å². The molecule has 0 fully saturated rings. The minimum atomic E-state index is -0.375. The van der Waals surface area contributed by atoms with Crippen LogP contribution in [-0.2, 0) is 11.2 Å². The van der Waals surface area contributed by atoms with E-state index in [1.165, 1.54) is 0 Å². The van der Waals surface area contributed by atoms with E-state index in [4.69, 9.17) is 11.6 Å². The summed E-state index contributed by atoms with van der Waals surface area (Å²) in [5, 5.41) is 11.5. The number of carbonyl (C=O) groups is 1. The second-order valence-electron chi connectivity index (χ2n) is 7.72. The van der Waals surface area contributed by atoms with Crippen LogP contribution in [0.2, 0.25) is 5.02 Å². The highest BCUT2D eigenvalue weighted by Crippen LogP contribution is 2.42. The number of hydrogen-bond acceptors (Lipinski definition) is 2. The van der Waals surface area contributed by atoms with E-state index in [0.717, 1.165) is 34.2 Å². The maximum atomic E-state index is 12.7. The van der Waals surface area contributed by atoms with Crippen molar-refractivity contribution < 1.29 is 9.90 Å². The van der Waals surface area contributed by atoms with Gasteiger partial charge in [0.15, 0.2) is 5.78 Å². The summed E-state index contributed by atoms with van der Waals surface area (Å²) in [4.78, 5) is 12.7. The molecule has 0 aromatic heterocycles. The molecule has 1 N–H and O–H groups in total. The molecule has 0 heterocycles. The second-order valence-corrected chi connectivity index (χ2v) is 8.15. The summed E-state index contributed by atoms with van der Waals surface area (Å²) >= 11 is 6.09. The normalized spacial score (nSPS) is 16.9. The number of halogens is 1. The SMILES string of the molecule is CCc1ccc(-c2ccc(Cl)cc2C)cc1C1=C(O)C(C)(C)CCC1=O. The fraction of sp³-hybridized carbons (Fsp3) is 0.348. The number of aliphatic hydroxyl groups is 1. The highest BCUT2D eigenvalue weighted by atomic mass is 35.5. The van der Waals surface area contributed by atoms with Gasteiger partial charge < -0.3 is 5.11 Å². The largest absolute Gasteiger partial charge is 0.511 e. The molecular weight excluding hydrogens is 344 g/mol. The zero-order valence-corrected chi connectivity index (χ0v) is 16.6. The van der Waals surface area contributed by atoms with Gasteiger partial charge in [0.05, 0.1) is 5.57 Å². The summed E-state index contributed by atoms with van der Waals surface area (Å²) in [6.45, 7) is 8.09. The highest BCUT2D eigenvalue weighted by Gasteiger charge is 2.35. The fourth-order valence-electron chi connectivity index (χ4n) is 3.65. The maximum Gasteiger partial charge on any atom is 0.166 e. The molecule has 3 rings (SSSR count). The first-order valence-electron chi connectivity index (χ1n) is 9.11. The minimum absolute atomic E-state index is 0.0292. The zero-order chi connectivity index (χ0) is 19.1. The molecule has 0 bridgehead atoms. The van der Waals surface area contributed by atoms with Crippen molar-refractivity contribution >= 4 is 23.0 Å². The highest BCUT2D eigenvalue weighted by molar-refractivity contribution is 6.30. The van der Waals surface area contributed by atoms with Gasteiger partial charge in [0.2, 0.25) is 0 Å². The van der Waals surface area contributed by atoms with Crippen LogP contribution in [0.5, 0.6) is 0 Å². The number of allylic oxidation sites excluding steroid dienone is 2. The number of aryl methyl sites for hydroxylation is 2. The van der Waals surface area contributed by atoms with Gasteiger partial charge >= 0.3 is 0 Å². The molecule has 0 radical (unpaired) electrons. The lowest BCUT2D eigenvalue weighted by Crippen LogP contribution is -2.25. The van der Waals surface area contributed by atoms with Crippen molar-refractivity contribution in [1.29, 1.82) is 0 Å². The van der Waals surface area contributed by atoms with Crippen LogP contribution in [0, 0.1) is 12.3 Å². The van der Waals surface area contributed by atoms with Crippen molar-refractivity contribution in [3.05, 3.63) is 63.9 Å². The van der Waals surface area contributed by atoms with Crippen LogP contribution in [0.1, 0.15) is 50.3 Å². The monoisotopic (exact) mass is 368 g/mol. The van der Waals surface area contributed by atoms with E-state index in [1.807, 2.05) is 45.0 Å². The smallest absolute Gasteiger partial charge is 0.166 e. The number of benzene rings is 2.